The predicted octanol–water partition coefficient (Wildman–Crippen LogP) is 6.54. The molecular formula is C23H34N2. The van der Waals surface area contributed by atoms with Crippen LogP contribution in [0.5, 0.6) is 0 Å². The molecule has 0 amide bonds. The van der Waals surface area contributed by atoms with E-state index in [1.807, 2.05) is 0 Å². The van der Waals surface area contributed by atoms with Gasteiger partial charge in [0, 0.05) is 11.4 Å². The van der Waals surface area contributed by atoms with Crippen molar-refractivity contribution in [1.29, 1.82) is 0 Å². The van der Waals surface area contributed by atoms with Gasteiger partial charge in [-0.05, 0) is 46.9 Å². The standard InChI is InChI=1S/C23H34N2/c1-7-18-11-9-12-19(8-2)22(18)24-15-25-23-20(16(3)4)13-10-14-21(23)17(5)6/h9-14,16-17,24-25H,7-8,15H2,1-6H3. The summed E-state index contributed by atoms with van der Waals surface area (Å²) in [5.41, 5.74) is 8.17. The molecule has 0 aliphatic rings. The number of anilines is 2. The third-order valence-corrected chi connectivity index (χ3v) is 4.90. The van der Waals surface area contributed by atoms with Gasteiger partial charge < -0.3 is 10.6 Å². The van der Waals surface area contributed by atoms with E-state index < -0.39 is 0 Å². The van der Waals surface area contributed by atoms with Crippen LogP contribution in [0.2, 0.25) is 0 Å². The van der Waals surface area contributed by atoms with Crippen LogP contribution in [0.1, 0.15) is 75.6 Å². The first-order valence-corrected chi connectivity index (χ1v) is 9.70. The topological polar surface area (TPSA) is 24.1 Å². The third kappa shape index (κ3) is 4.56. The minimum absolute atomic E-state index is 0.510. The second kappa shape index (κ2) is 8.94. The molecule has 2 nitrogen and oxygen atoms in total. The lowest BCUT2D eigenvalue weighted by molar-refractivity contribution is 0.834. The van der Waals surface area contributed by atoms with Crippen molar-refractivity contribution in [2.24, 2.45) is 0 Å². The Morgan fingerprint density at radius 1 is 0.680 bits per heavy atom. The van der Waals surface area contributed by atoms with Gasteiger partial charge in [0.05, 0.1) is 6.67 Å². The Bertz CT molecular complexity index is 638. The minimum atomic E-state index is 0.510. The van der Waals surface area contributed by atoms with Crippen molar-refractivity contribution >= 4 is 11.4 Å². The summed E-state index contributed by atoms with van der Waals surface area (Å²) in [6, 6.07) is 13.3. The fourth-order valence-corrected chi connectivity index (χ4v) is 3.45. The Labute approximate surface area is 154 Å². The number of aryl methyl sites for hydroxylation is 2. The molecule has 0 fully saturated rings. The average Bonchev–Trinajstić information content (AvgIpc) is 2.61. The zero-order chi connectivity index (χ0) is 18.4. The maximum Gasteiger partial charge on any atom is 0.0849 e. The summed E-state index contributed by atoms with van der Waals surface area (Å²) in [4.78, 5) is 0. The van der Waals surface area contributed by atoms with E-state index in [0.29, 0.717) is 11.8 Å². The molecule has 0 radical (unpaired) electrons. The Hall–Kier alpha value is -1.96. The highest BCUT2D eigenvalue weighted by atomic mass is 15.1. The van der Waals surface area contributed by atoms with Gasteiger partial charge in [0.1, 0.15) is 0 Å². The first-order chi connectivity index (χ1) is 12.0. The van der Waals surface area contributed by atoms with E-state index in [0.717, 1.165) is 19.5 Å². The zero-order valence-corrected chi connectivity index (χ0v) is 16.7. The van der Waals surface area contributed by atoms with Crippen LogP contribution in [-0.2, 0) is 12.8 Å². The van der Waals surface area contributed by atoms with E-state index in [1.165, 1.54) is 33.6 Å². The highest BCUT2D eigenvalue weighted by molar-refractivity contribution is 5.62. The van der Waals surface area contributed by atoms with Gasteiger partial charge in [0.2, 0.25) is 0 Å². The van der Waals surface area contributed by atoms with Gasteiger partial charge in [-0.15, -0.1) is 0 Å². The summed E-state index contributed by atoms with van der Waals surface area (Å²) >= 11 is 0. The van der Waals surface area contributed by atoms with Crippen LogP contribution >= 0.6 is 0 Å². The van der Waals surface area contributed by atoms with Crippen LogP contribution in [0.25, 0.3) is 0 Å². The normalized spacial score (nSPS) is 11.2. The Morgan fingerprint density at radius 2 is 1.12 bits per heavy atom. The quantitative estimate of drug-likeness (QED) is 0.534. The lowest BCUT2D eigenvalue weighted by Gasteiger charge is -2.22. The van der Waals surface area contributed by atoms with Crippen molar-refractivity contribution in [2.75, 3.05) is 17.3 Å². The fourth-order valence-electron chi connectivity index (χ4n) is 3.45. The van der Waals surface area contributed by atoms with Crippen LogP contribution in [0, 0.1) is 0 Å². The second-order valence-corrected chi connectivity index (χ2v) is 7.31. The largest absolute Gasteiger partial charge is 0.367 e. The van der Waals surface area contributed by atoms with Crippen LogP contribution in [0.15, 0.2) is 36.4 Å². The molecule has 0 spiro atoms. The molecule has 0 saturated carbocycles. The Morgan fingerprint density at radius 3 is 1.56 bits per heavy atom. The smallest absolute Gasteiger partial charge is 0.0849 e. The van der Waals surface area contributed by atoms with E-state index in [4.69, 9.17) is 0 Å². The van der Waals surface area contributed by atoms with E-state index in [2.05, 4.69) is 88.6 Å². The highest BCUT2D eigenvalue weighted by Gasteiger charge is 2.13. The molecule has 0 aromatic heterocycles. The van der Waals surface area contributed by atoms with Gasteiger partial charge in [-0.25, -0.2) is 0 Å². The molecule has 0 bridgehead atoms. The number of rotatable bonds is 8. The van der Waals surface area contributed by atoms with Crippen LogP contribution < -0.4 is 10.6 Å². The van der Waals surface area contributed by atoms with E-state index >= 15 is 0 Å². The van der Waals surface area contributed by atoms with Gasteiger partial charge in [-0.1, -0.05) is 77.9 Å². The van der Waals surface area contributed by atoms with Gasteiger partial charge in [0.25, 0.3) is 0 Å². The summed E-state index contributed by atoms with van der Waals surface area (Å²) < 4.78 is 0. The molecule has 0 aliphatic heterocycles. The SMILES string of the molecule is CCc1cccc(CC)c1NCNc1c(C(C)C)cccc1C(C)C. The average molecular weight is 339 g/mol. The molecular weight excluding hydrogens is 304 g/mol. The molecule has 25 heavy (non-hydrogen) atoms. The monoisotopic (exact) mass is 338 g/mol. The first-order valence-electron chi connectivity index (χ1n) is 9.70. The number of hydrogen-bond donors (Lipinski definition) is 2. The number of para-hydroxylation sites is 2. The van der Waals surface area contributed by atoms with Crippen LogP contribution in [-0.4, -0.2) is 6.67 Å². The summed E-state index contributed by atoms with van der Waals surface area (Å²) in [5, 5.41) is 7.34. The number of hydrogen-bond acceptors (Lipinski definition) is 2. The number of nitrogens with one attached hydrogen (secondary N) is 2. The van der Waals surface area contributed by atoms with E-state index in [-0.39, 0.29) is 0 Å². The molecule has 2 heteroatoms. The highest BCUT2D eigenvalue weighted by Crippen LogP contribution is 2.32. The third-order valence-electron chi connectivity index (χ3n) is 4.90. The molecule has 0 heterocycles. The van der Waals surface area contributed by atoms with Crippen molar-refractivity contribution in [3.8, 4) is 0 Å². The molecule has 2 aromatic carbocycles. The molecule has 0 saturated heterocycles. The zero-order valence-electron chi connectivity index (χ0n) is 16.7. The molecule has 0 atom stereocenters. The van der Waals surface area contributed by atoms with Crippen molar-refractivity contribution in [3.63, 3.8) is 0 Å². The summed E-state index contributed by atoms with van der Waals surface area (Å²) in [5.74, 6) is 1.02. The van der Waals surface area contributed by atoms with Gasteiger partial charge in [-0.3, -0.25) is 0 Å². The molecule has 2 N–H and O–H groups in total. The maximum absolute atomic E-state index is 3.68. The first kappa shape index (κ1) is 19.4. The van der Waals surface area contributed by atoms with Gasteiger partial charge in [0.15, 0.2) is 0 Å². The molecule has 2 rings (SSSR count). The van der Waals surface area contributed by atoms with Crippen molar-refractivity contribution in [3.05, 3.63) is 58.7 Å². The van der Waals surface area contributed by atoms with Gasteiger partial charge in [-0.2, -0.15) is 0 Å². The van der Waals surface area contributed by atoms with Gasteiger partial charge >= 0.3 is 0 Å². The predicted molar refractivity (Wildman–Crippen MR) is 112 cm³/mol. The van der Waals surface area contributed by atoms with Crippen LogP contribution in [0.3, 0.4) is 0 Å². The Kier molecular flexibility index (Phi) is 6.92. The number of benzene rings is 2. The van der Waals surface area contributed by atoms with E-state index in [1.54, 1.807) is 0 Å². The molecule has 0 aliphatic carbocycles. The maximum atomic E-state index is 3.68. The second-order valence-electron chi connectivity index (χ2n) is 7.31. The molecule has 2 aromatic rings. The summed E-state index contributed by atoms with van der Waals surface area (Å²) in [6.07, 6.45) is 2.10. The lowest BCUT2D eigenvalue weighted by Crippen LogP contribution is -2.17. The molecule has 136 valence electrons. The van der Waals surface area contributed by atoms with Crippen molar-refractivity contribution in [1.82, 2.24) is 0 Å². The van der Waals surface area contributed by atoms with Crippen LogP contribution in [0.4, 0.5) is 11.4 Å². The lowest BCUT2D eigenvalue weighted by atomic mass is 9.93. The summed E-state index contributed by atoms with van der Waals surface area (Å²) in [6.45, 7) is 14.2. The van der Waals surface area contributed by atoms with Crippen molar-refractivity contribution < 1.29 is 0 Å². The summed E-state index contributed by atoms with van der Waals surface area (Å²) in [7, 11) is 0. The molecule has 0 unspecified atom stereocenters. The van der Waals surface area contributed by atoms with Crippen molar-refractivity contribution in [2.45, 2.75) is 66.2 Å². The fraction of sp³-hybridized carbons (Fsp3) is 0.478. The minimum Gasteiger partial charge on any atom is -0.367 e. The van der Waals surface area contributed by atoms with E-state index in [9.17, 15) is 0 Å². The Balaban J connectivity index is 2.23.